The molecule has 0 bridgehead atoms. The molecule has 0 aliphatic carbocycles. The molecule has 3 nitrogen and oxygen atoms in total. The normalized spacial score (nSPS) is 12.3. The van der Waals surface area contributed by atoms with Gasteiger partial charge in [-0.1, -0.05) is 6.58 Å². The molecule has 2 N–H and O–H groups in total. The summed E-state index contributed by atoms with van der Waals surface area (Å²) in [6, 6.07) is 0. The van der Waals surface area contributed by atoms with Crippen LogP contribution < -0.4 is 5.14 Å². The van der Waals surface area contributed by atoms with Gasteiger partial charge in [0.05, 0.1) is 0 Å². The molecule has 0 saturated heterocycles. The lowest BCUT2D eigenvalue weighted by Gasteiger charge is -2.24. The zero-order valence-electron chi connectivity index (χ0n) is 7.92. The van der Waals surface area contributed by atoms with Gasteiger partial charge < -0.3 is 4.74 Å². The van der Waals surface area contributed by atoms with Crippen LogP contribution in [0.15, 0.2) is 12.2 Å². The van der Waals surface area contributed by atoms with Crippen molar-refractivity contribution in [3.05, 3.63) is 12.2 Å². The summed E-state index contributed by atoms with van der Waals surface area (Å²) in [6.45, 7) is 5.49. The summed E-state index contributed by atoms with van der Waals surface area (Å²) in [4.78, 5) is 10.9. The molecule has 4 heteroatoms. The first-order valence-corrected chi connectivity index (χ1v) is 6.32. The van der Waals surface area contributed by atoms with Crippen molar-refractivity contribution in [2.75, 3.05) is 24.9 Å². The van der Waals surface area contributed by atoms with Crippen LogP contribution >= 0.6 is 10.2 Å². The Labute approximate surface area is 75.4 Å². The molecule has 0 aromatic carbocycles. The molecule has 72 valence electrons. The Balaban J connectivity index is 3.58. The van der Waals surface area contributed by atoms with E-state index in [1.807, 2.05) is 12.5 Å². The molecule has 0 spiro atoms. The average molecular weight is 191 g/mol. The molecule has 0 aliphatic heterocycles. The third kappa shape index (κ3) is 6.24. The second kappa shape index (κ2) is 4.52. The van der Waals surface area contributed by atoms with Gasteiger partial charge in [0.25, 0.3) is 0 Å². The lowest BCUT2D eigenvalue weighted by atomic mass is 10.4. The largest absolute Gasteiger partial charge is 0.461 e. The molecule has 0 saturated carbocycles. The smallest absolute Gasteiger partial charge is 0.333 e. The van der Waals surface area contributed by atoms with Crippen molar-refractivity contribution in [1.29, 1.82) is 0 Å². The molecule has 0 aliphatic rings. The summed E-state index contributed by atoms with van der Waals surface area (Å²) in [5.41, 5.74) is 0.430. The second-order valence-electron chi connectivity index (χ2n) is 3.24. The van der Waals surface area contributed by atoms with Crippen LogP contribution in [0.5, 0.6) is 0 Å². The molecule has 0 radical (unpaired) electrons. The zero-order valence-corrected chi connectivity index (χ0v) is 8.74. The van der Waals surface area contributed by atoms with E-state index in [2.05, 4.69) is 6.58 Å². The van der Waals surface area contributed by atoms with Crippen LogP contribution in [0, 0.1) is 0 Å². The highest BCUT2D eigenvalue weighted by molar-refractivity contribution is 8.30. The molecule has 0 aromatic heterocycles. The lowest BCUT2D eigenvalue weighted by molar-refractivity contribution is -0.138. The third-order valence-corrected chi connectivity index (χ3v) is 2.41. The van der Waals surface area contributed by atoms with Gasteiger partial charge in [-0.25, -0.2) is 4.79 Å². The van der Waals surface area contributed by atoms with Gasteiger partial charge in [0, 0.05) is 11.3 Å². The van der Waals surface area contributed by atoms with E-state index in [9.17, 15) is 4.79 Å². The van der Waals surface area contributed by atoms with Gasteiger partial charge in [-0.15, -0.1) is 0 Å². The lowest BCUT2D eigenvalue weighted by Crippen LogP contribution is -2.17. The number of rotatable bonds is 4. The van der Waals surface area contributed by atoms with Gasteiger partial charge in [0.2, 0.25) is 0 Å². The first-order valence-electron chi connectivity index (χ1n) is 3.64. The minimum absolute atomic E-state index is 0.335. The summed E-state index contributed by atoms with van der Waals surface area (Å²) in [5, 5.41) is 5.77. The molecule has 0 aromatic rings. The summed E-state index contributed by atoms with van der Waals surface area (Å²) in [7, 11) is -1.05. The summed E-state index contributed by atoms with van der Waals surface area (Å²) < 4.78 is 4.88. The predicted octanol–water partition coefficient (Wildman–Crippen LogP) is 1.04. The van der Waals surface area contributed by atoms with E-state index in [4.69, 9.17) is 9.88 Å². The fraction of sp³-hybridized carbons (Fsp3) is 0.625. The van der Waals surface area contributed by atoms with E-state index < -0.39 is 10.2 Å². The first kappa shape index (κ1) is 11.5. The van der Waals surface area contributed by atoms with Crippen molar-refractivity contribution in [3.8, 4) is 0 Å². The third-order valence-electron chi connectivity index (χ3n) is 1.19. The van der Waals surface area contributed by atoms with Crippen LogP contribution in [0.25, 0.3) is 0 Å². The number of nitrogens with two attached hydrogens (primary N) is 1. The summed E-state index contributed by atoms with van der Waals surface area (Å²) in [6.07, 6.45) is 3.95. The predicted molar refractivity (Wildman–Crippen MR) is 54.3 cm³/mol. The van der Waals surface area contributed by atoms with E-state index in [1.54, 1.807) is 6.92 Å². The van der Waals surface area contributed by atoms with Crippen molar-refractivity contribution < 1.29 is 9.53 Å². The van der Waals surface area contributed by atoms with Crippen molar-refractivity contribution in [3.63, 3.8) is 0 Å². The SMILES string of the molecule is C=C(C)C(=O)OCCS(C)(C)N. The Morgan fingerprint density at radius 2 is 2.08 bits per heavy atom. The number of carbonyl (C=O) groups is 1. The van der Waals surface area contributed by atoms with Crippen LogP contribution in [0.2, 0.25) is 0 Å². The van der Waals surface area contributed by atoms with Crippen LogP contribution in [0.4, 0.5) is 0 Å². The Bertz CT molecular complexity index is 184. The maximum absolute atomic E-state index is 10.9. The Morgan fingerprint density at radius 3 is 2.42 bits per heavy atom. The molecule has 0 heterocycles. The monoisotopic (exact) mass is 191 g/mol. The second-order valence-corrected chi connectivity index (χ2v) is 6.90. The molecule has 0 unspecified atom stereocenters. The number of hydrogen-bond donors (Lipinski definition) is 1. The first-order chi connectivity index (χ1) is 5.33. The topological polar surface area (TPSA) is 52.3 Å². The highest BCUT2D eigenvalue weighted by atomic mass is 32.3. The molecule has 0 rings (SSSR count). The number of ether oxygens (including phenoxy) is 1. The molecular weight excluding hydrogens is 174 g/mol. The van der Waals surface area contributed by atoms with Crippen LogP contribution in [0.1, 0.15) is 6.92 Å². The van der Waals surface area contributed by atoms with Crippen molar-refractivity contribution >= 4 is 16.2 Å². The fourth-order valence-electron chi connectivity index (χ4n) is 0.472. The average Bonchev–Trinajstić information content (AvgIpc) is 1.84. The molecule has 0 amide bonds. The van der Waals surface area contributed by atoms with Gasteiger partial charge in [-0.3, -0.25) is 5.14 Å². The summed E-state index contributed by atoms with van der Waals surface area (Å²) in [5.74, 6) is 0.408. The van der Waals surface area contributed by atoms with Gasteiger partial charge >= 0.3 is 5.97 Å². The Hall–Kier alpha value is -0.480. The van der Waals surface area contributed by atoms with Crippen molar-refractivity contribution in [2.45, 2.75) is 6.92 Å². The Morgan fingerprint density at radius 1 is 1.58 bits per heavy atom. The van der Waals surface area contributed by atoms with Gasteiger partial charge in [0.1, 0.15) is 6.61 Å². The number of hydrogen-bond acceptors (Lipinski definition) is 3. The maximum Gasteiger partial charge on any atom is 0.333 e. The number of carbonyl (C=O) groups excluding carboxylic acids is 1. The standard InChI is InChI=1S/C8H17NO2S/c1-7(2)8(10)11-5-6-12(3,4)9/h1,5-6,9H2,2-4H3. The Kier molecular flexibility index (Phi) is 4.34. The van der Waals surface area contributed by atoms with E-state index >= 15 is 0 Å². The maximum atomic E-state index is 10.9. The van der Waals surface area contributed by atoms with Gasteiger partial charge in [0.15, 0.2) is 0 Å². The van der Waals surface area contributed by atoms with Crippen LogP contribution in [0.3, 0.4) is 0 Å². The van der Waals surface area contributed by atoms with Crippen molar-refractivity contribution in [1.82, 2.24) is 0 Å². The minimum Gasteiger partial charge on any atom is -0.461 e. The summed E-state index contributed by atoms with van der Waals surface area (Å²) >= 11 is 0. The zero-order chi connectivity index (χ0) is 9.78. The van der Waals surface area contributed by atoms with Crippen LogP contribution in [-0.2, 0) is 9.53 Å². The highest BCUT2D eigenvalue weighted by Crippen LogP contribution is 2.28. The quantitative estimate of drug-likeness (QED) is 0.533. The van der Waals surface area contributed by atoms with E-state index in [1.165, 1.54) is 0 Å². The molecule has 12 heavy (non-hydrogen) atoms. The fourth-order valence-corrected chi connectivity index (χ4v) is 0.985. The van der Waals surface area contributed by atoms with Gasteiger partial charge in [-0.05, 0) is 19.4 Å². The minimum atomic E-state index is -1.05. The van der Waals surface area contributed by atoms with E-state index in [-0.39, 0.29) is 5.97 Å². The van der Waals surface area contributed by atoms with E-state index in [0.29, 0.717) is 12.2 Å². The van der Waals surface area contributed by atoms with Crippen molar-refractivity contribution in [2.24, 2.45) is 5.14 Å². The van der Waals surface area contributed by atoms with Gasteiger partial charge in [-0.2, -0.15) is 10.2 Å². The molecule has 0 atom stereocenters. The number of esters is 1. The molecular formula is C8H17NO2S. The molecule has 0 fully saturated rings. The highest BCUT2D eigenvalue weighted by Gasteiger charge is 2.07. The van der Waals surface area contributed by atoms with Crippen LogP contribution in [-0.4, -0.2) is 30.8 Å². The van der Waals surface area contributed by atoms with E-state index in [0.717, 1.165) is 5.75 Å².